The lowest BCUT2D eigenvalue weighted by Gasteiger charge is -2.27. The Morgan fingerprint density at radius 1 is 1.39 bits per heavy atom. The third kappa shape index (κ3) is 7.56. The number of aromatic nitrogens is 1. The summed E-state index contributed by atoms with van der Waals surface area (Å²) in [5.74, 6) is -1.23. The smallest absolute Gasteiger partial charge is 0.329 e. The largest absolute Gasteiger partial charge is 0.456 e. The number of fused-ring (bicyclic) bond motifs is 4. The second kappa shape index (κ2) is 12.7. The third-order valence-corrected chi connectivity index (χ3v) is 7.94. The number of thiol groups is 1. The van der Waals surface area contributed by atoms with E-state index in [1.165, 1.54) is 23.1 Å². The van der Waals surface area contributed by atoms with Crippen LogP contribution in [0.4, 0.5) is 0 Å². The number of rotatable bonds is 6. The van der Waals surface area contributed by atoms with Gasteiger partial charge in [-0.3, -0.25) is 19.4 Å². The molecule has 4 bridgehead atoms. The number of carbonyl (C=O) groups is 4. The van der Waals surface area contributed by atoms with Crippen LogP contribution in [0.25, 0.3) is 0 Å². The van der Waals surface area contributed by atoms with Gasteiger partial charge < -0.3 is 20.7 Å². The number of carbonyl (C=O) groups excluding carboxylic acids is 4. The number of cyclic esters (lactones) is 1. The Balaban J connectivity index is 1.82. The van der Waals surface area contributed by atoms with E-state index in [-0.39, 0.29) is 42.4 Å². The van der Waals surface area contributed by atoms with E-state index in [0.717, 1.165) is 0 Å². The molecule has 0 saturated heterocycles. The van der Waals surface area contributed by atoms with E-state index in [1.54, 1.807) is 19.1 Å². The SMILES string of the molecule is CC(C)[C@@H]1NC(=O)[C@]2(C)CSC(=N2)c2csc(n2)CNC(=O)CC(/C=C/CCNC(=O)CS)OC1=O. The van der Waals surface area contributed by atoms with Crippen LogP contribution < -0.4 is 16.0 Å². The van der Waals surface area contributed by atoms with Crippen LogP contribution in [-0.4, -0.2) is 69.5 Å². The number of thioether (sulfide) groups is 1. The minimum atomic E-state index is -1.04. The van der Waals surface area contributed by atoms with Gasteiger partial charge in [-0.2, -0.15) is 12.6 Å². The fourth-order valence-corrected chi connectivity index (χ4v) is 5.47. The first-order chi connectivity index (χ1) is 17.1. The maximum absolute atomic E-state index is 13.2. The van der Waals surface area contributed by atoms with E-state index in [1.807, 2.05) is 19.2 Å². The van der Waals surface area contributed by atoms with Crippen molar-refractivity contribution >= 4 is 64.5 Å². The van der Waals surface area contributed by atoms with Crippen LogP contribution >= 0.6 is 35.7 Å². The maximum Gasteiger partial charge on any atom is 0.329 e. The summed E-state index contributed by atoms with van der Waals surface area (Å²) in [6.07, 6.45) is 2.91. The minimum absolute atomic E-state index is 0.0946. The van der Waals surface area contributed by atoms with Crippen molar-refractivity contribution in [2.75, 3.05) is 18.1 Å². The van der Waals surface area contributed by atoms with Gasteiger partial charge in [0.1, 0.15) is 33.4 Å². The van der Waals surface area contributed by atoms with Crippen LogP contribution in [0.5, 0.6) is 0 Å². The summed E-state index contributed by atoms with van der Waals surface area (Å²) < 4.78 is 5.68. The first kappa shape index (κ1) is 28.2. The fraction of sp³-hybridized carbons (Fsp3) is 0.565. The number of nitrogens with one attached hydrogen (secondary N) is 3. The quantitative estimate of drug-likeness (QED) is 0.181. The summed E-state index contributed by atoms with van der Waals surface area (Å²) in [7, 11) is 0. The predicted molar refractivity (Wildman–Crippen MR) is 143 cm³/mol. The molecule has 0 fully saturated rings. The molecular formula is C23H31N5O5S3. The number of thiazole rings is 1. The van der Waals surface area contributed by atoms with Gasteiger partial charge in [0.2, 0.25) is 17.7 Å². The number of aliphatic imine (C=N–C) groups is 1. The van der Waals surface area contributed by atoms with Crippen molar-refractivity contribution in [2.24, 2.45) is 10.9 Å². The summed E-state index contributed by atoms with van der Waals surface area (Å²) in [6, 6.07) is -0.911. The minimum Gasteiger partial charge on any atom is -0.456 e. The molecule has 10 nitrogen and oxygen atoms in total. The summed E-state index contributed by atoms with van der Waals surface area (Å²) in [6.45, 7) is 5.97. The van der Waals surface area contributed by atoms with Crippen LogP contribution in [0.1, 0.15) is 44.3 Å². The van der Waals surface area contributed by atoms with Crippen molar-refractivity contribution < 1.29 is 23.9 Å². The molecule has 0 saturated carbocycles. The lowest BCUT2D eigenvalue weighted by molar-refractivity contribution is -0.153. The molecule has 0 aliphatic carbocycles. The zero-order chi connectivity index (χ0) is 26.3. The van der Waals surface area contributed by atoms with Crippen LogP contribution in [-0.2, 0) is 30.5 Å². The molecule has 0 aromatic carbocycles. The second-order valence-corrected chi connectivity index (χ2v) is 11.2. The van der Waals surface area contributed by atoms with Crippen molar-refractivity contribution in [1.82, 2.24) is 20.9 Å². The molecule has 3 N–H and O–H groups in total. The topological polar surface area (TPSA) is 139 Å². The van der Waals surface area contributed by atoms with Gasteiger partial charge in [-0.05, 0) is 25.3 Å². The zero-order valence-corrected chi connectivity index (χ0v) is 22.9. The van der Waals surface area contributed by atoms with E-state index in [0.29, 0.717) is 34.5 Å². The molecule has 1 aromatic heterocycles. The number of hydrogen-bond donors (Lipinski definition) is 4. The Kier molecular flexibility index (Phi) is 9.97. The summed E-state index contributed by atoms with van der Waals surface area (Å²) in [5, 5.41) is 11.5. The van der Waals surface area contributed by atoms with Gasteiger partial charge in [0, 0.05) is 17.7 Å². The number of nitrogens with zero attached hydrogens (tertiary/aromatic N) is 2. The normalized spacial score (nSPS) is 25.4. The van der Waals surface area contributed by atoms with Crippen LogP contribution in [0.15, 0.2) is 22.5 Å². The molecule has 0 spiro atoms. The average Bonchev–Trinajstić information content (AvgIpc) is 3.47. The highest BCUT2D eigenvalue weighted by Crippen LogP contribution is 2.32. The molecule has 2 aliphatic rings. The Bertz CT molecular complexity index is 1060. The Morgan fingerprint density at radius 3 is 2.89 bits per heavy atom. The van der Waals surface area contributed by atoms with Crippen molar-refractivity contribution in [2.45, 2.75) is 57.8 Å². The molecule has 196 valence electrons. The highest BCUT2D eigenvalue weighted by Gasteiger charge is 2.41. The van der Waals surface area contributed by atoms with Gasteiger partial charge in [-0.25, -0.2) is 9.78 Å². The highest BCUT2D eigenvalue weighted by atomic mass is 32.2. The molecule has 36 heavy (non-hydrogen) atoms. The maximum atomic E-state index is 13.2. The lowest BCUT2D eigenvalue weighted by Crippen LogP contribution is -2.53. The van der Waals surface area contributed by atoms with Crippen molar-refractivity contribution in [3.05, 3.63) is 28.2 Å². The summed E-state index contributed by atoms with van der Waals surface area (Å²) >= 11 is 6.75. The van der Waals surface area contributed by atoms with Crippen molar-refractivity contribution in [1.29, 1.82) is 0 Å². The van der Waals surface area contributed by atoms with Crippen LogP contribution in [0.3, 0.4) is 0 Å². The van der Waals surface area contributed by atoms with Crippen LogP contribution in [0, 0.1) is 5.92 Å². The van der Waals surface area contributed by atoms with Crippen molar-refractivity contribution in [3.63, 3.8) is 0 Å². The molecule has 3 rings (SSSR count). The molecule has 3 atom stereocenters. The van der Waals surface area contributed by atoms with Gasteiger partial charge in [0.05, 0.1) is 18.7 Å². The summed E-state index contributed by atoms with van der Waals surface area (Å²) in [5.41, 5.74) is -0.373. The number of hydrogen-bond acceptors (Lipinski definition) is 10. The number of amides is 3. The third-order valence-electron chi connectivity index (χ3n) is 5.52. The fourth-order valence-electron chi connectivity index (χ4n) is 3.43. The molecule has 13 heteroatoms. The Morgan fingerprint density at radius 2 is 2.17 bits per heavy atom. The van der Waals surface area contributed by atoms with Gasteiger partial charge in [0.15, 0.2) is 0 Å². The standard InChI is InChI=1S/C23H31N5O5S3/c1-13(2)19-21(31)33-14(6-4-5-7-24-17(30)10-34)8-16(29)25-9-18-26-15(11-35-18)20-28-23(3,12-36-20)22(32)27-19/h4,6,11,13-14,19,34H,5,7-10,12H2,1-3H3,(H,24,30)(H,25,29)(H,27,32)/b6-4+/t14?,19-,23-/m0/s1. The highest BCUT2D eigenvalue weighted by molar-refractivity contribution is 8.14. The molecular weight excluding hydrogens is 522 g/mol. The van der Waals surface area contributed by atoms with Crippen LogP contribution in [0.2, 0.25) is 0 Å². The predicted octanol–water partition coefficient (Wildman–Crippen LogP) is 1.46. The second-order valence-electron chi connectivity index (χ2n) is 8.98. The van der Waals surface area contributed by atoms with E-state index in [4.69, 9.17) is 4.74 Å². The Hall–Kier alpha value is -2.38. The lowest BCUT2D eigenvalue weighted by atomic mass is 10.0. The van der Waals surface area contributed by atoms with E-state index in [2.05, 4.69) is 38.6 Å². The van der Waals surface area contributed by atoms with Gasteiger partial charge >= 0.3 is 5.97 Å². The van der Waals surface area contributed by atoms with Crippen molar-refractivity contribution in [3.8, 4) is 0 Å². The van der Waals surface area contributed by atoms with E-state index < -0.39 is 23.7 Å². The van der Waals surface area contributed by atoms with Gasteiger partial charge in [-0.1, -0.05) is 19.9 Å². The first-order valence-corrected chi connectivity index (χ1v) is 14.1. The number of ether oxygens (including phenoxy) is 1. The van der Waals surface area contributed by atoms with E-state index >= 15 is 0 Å². The van der Waals surface area contributed by atoms with Gasteiger partial charge in [-0.15, -0.1) is 23.1 Å². The Labute approximate surface area is 223 Å². The van der Waals surface area contributed by atoms with E-state index in [9.17, 15) is 19.2 Å². The molecule has 2 aliphatic heterocycles. The molecule has 0 radical (unpaired) electrons. The molecule has 3 amide bonds. The monoisotopic (exact) mass is 553 g/mol. The first-order valence-electron chi connectivity index (χ1n) is 11.6. The van der Waals surface area contributed by atoms with Gasteiger partial charge in [0.25, 0.3) is 0 Å². The number of esters is 1. The zero-order valence-electron chi connectivity index (χ0n) is 20.4. The molecule has 3 heterocycles. The summed E-state index contributed by atoms with van der Waals surface area (Å²) in [4.78, 5) is 59.5. The average molecular weight is 554 g/mol. The molecule has 1 unspecified atom stereocenters. The molecule has 1 aromatic rings.